The van der Waals surface area contributed by atoms with Gasteiger partial charge in [0.2, 0.25) is 0 Å². The van der Waals surface area contributed by atoms with Gasteiger partial charge in [0.1, 0.15) is 5.75 Å². The Morgan fingerprint density at radius 3 is 2.69 bits per heavy atom. The average Bonchev–Trinajstić information content (AvgIpc) is 2.20. The predicted molar refractivity (Wildman–Crippen MR) is 65.0 cm³/mol. The van der Waals surface area contributed by atoms with E-state index in [9.17, 15) is 8.42 Å². The van der Waals surface area contributed by atoms with Crippen LogP contribution in [0.2, 0.25) is 0 Å². The maximum atomic E-state index is 11.5. The fourth-order valence-corrected chi connectivity index (χ4v) is 2.36. The first-order valence-electron chi connectivity index (χ1n) is 5.20. The summed E-state index contributed by atoms with van der Waals surface area (Å²) in [6.45, 7) is 5.43. The SMILES string of the molecule is C=CCc1ccccc1OS(=O)(=O)CCC. The molecule has 0 amide bonds. The van der Waals surface area contributed by atoms with Gasteiger partial charge in [0.25, 0.3) is 0 Å². The first-order valence-corrected chi connectivity index (χ1v) is 6.77. The lowest BCUT2D eigenvalue weighted by atomic mass is 10.1. The van der Waals surface area contributed by atoms with E-state index >= 15 is 0 Å². The van der Waals surface area contributed by atoms with Gasteiger partial charge in [0.05, 0.1) is 5.75 Å². The largest absolute Gasteiger partial charge is 0.382 e. The zero-order chi connectivity index (χ0) is 12.0. The molecule has 4 heteroatoms. The second-order valence-corrected chi connectivity index (χ2v) is 5.14. The highest BCUT2D eigenvalue weighted by molar-refractivity contribution is 7.87. The van der Waals surface area contributed by atoms with Crippen molar-refractivity contribution in [2.75, 3.05) is 5.75 Å². The highest BCUT2D eigenvalue weighted by Crippen LogP contribution is 2.20. The molecule has 1 aromatic carbocycles. The Morgan fingerprint density at radius 2 is 2.06 bits per heavy atom. The summed E-state index contributed by atoms with van der Waals surface area (Å²) in [5.74, 6) is 0.436. The van der Waals surface area contributed by atoms with Gasteiger partial charge < -0.3 is 4.18 Å². The van der Waals surface area contributed by atoms with E-state index in [1.54, 1.807) is 25.1 Å². The van der Waals surface area contributed by atoms with Gasteiger partial charge in [0.15, 0.2) is 0 Å². The maximum absolute atomic E-state index is 11.5. The third-order valence-corrected chi connectivity index (χ3v) is 3.35. The summed E-state index contributed by atoms with van der Waals surface area (Å²) in [5.41, 5.74) is 0.831. The van der Waals surface area contributed by atoms with Crippen molar-refractivity contribution in [3.8, 4) is 5.75 Å². The zero-order valence-corrected chi connectivity index (χ0v) is 10.2. The molecule has 0 saturated carbocycles. The molecule has 0 aliphatic heterocycles. The fourth-order valence-electron chi connectivity index (χ4n) is 1.34. The van der Waals surface area contributed by atoms with Crippen LogP contribution in [0.15, 0.2) is 36.9 Å². The summed E-state index contributed by atoms with van der Waals surface area (Å²) in [4.78, 5) is 0. The third-order valence-electron chi connectivity index (χ3n) is 2.01. The number of allylic oxidation sites excluding steroid dienone is 1. The van der Waals surface area contributed by atoms with Gasteiger partial charge in [-0.05, 0) is 24.5 Å². The molecule has 0 radical (unpaired) electrons. The second-order valence-electron chi connectivity index (χ2n) is 3.45. The number of hydrogen-bond acceptors (Lipinski definition) is 3. The monoisotopic (exact) mass is 240 g/mol. The number of rotatable bonds is 6. The summed E-state index contributed by atoms with van der Waals surface area (Å²) >= 11 is 0. The van der Waals surface area contributed by atoms with Crippen LogP contribution < -0.4 is 4.18 Å². The Hall–Kier alpha value is -1.29. The summed E-state index contributed by atoms with van der Waals surface area (Å²) in [6.07, 6.45) is 2.86. The van der Waals surface area contributed by atoms with Gasteiger partial charge >= 0.3 is 10.1 Å². The Morgan fingerprint density at radius 1 is 1.38 bits per heavy atom. The van der Waals surface area contributed by atoms with Crippen molar-refractivity contribution in [1.29, 1.82) is 0 Å². The predicted octanol–water partition coefficient (Wildman–Crippen LogP) is 2.53. The highest BCUT2D eigenvalue weighted by atomic mass is 32.2. The minimum atomic E-state index is -3.46. The summed E-state index contributed by atoms with van der Waals surface area (Å²) in [7, 11) is -3.46. The second kappa shape index (κ2) is 5.70. The van der Waals surface area contributed by atoms with Crippen LogP contribution in [-0.2, 0) is 16.5 Å². The van der Waals surface area contributed by atoms with Crippen molar-refractivity contribution in [2.24, 2.45) is 0 Å². The van der Waals surface area contributed by atoms with Crippen molar-refractivity contribution in [3.05, 3.63) is 42.5 Å². The summed E-state index contributed by atoms with van der Waals surface area (Å²) < 4.78 is 28.1. The zero-order valence-electron chi connectivity index (χ0n) is 9.35. The molecule has 0 saturated heterocycles. The van der Waals surface area contributed by atoms with E-state index in [0.29, 0.717) is 18.6 Å². The normalized spacial score (nSPS) is 11.1. The molecule has 0 N–H and O–H groups in total. The summed E-state index contributed by atoms with van der Waals surface area (Å²) in [5, 5.41) is 0. The highest BCUT2D eigenvalue weighted by Gasteiger charge is 2.13. The molecule has 0 atom stereocenters. The Balaban J connectivity index is 2.92. The molecule has 1 rings (SSSR count). The van der Waals surface area contributed by atoms with Crippen LogP contribution in [0.25, 0.3) is 0 Å². The van der Waals surface area contributed by atoms with Gasteiger partial charge in [0, 0.05) is 0 Å². The number of para-hydroxylation sites is 1. The van der Waals surface area contributed by atoms with E-state index in [1.165, 1.54) is 0 Å². The van der Waals surface area contributed by atoms with Gasteiger partial charge in [-0.3, -0.25) is 0 Å². The van der Waals surface area contributed by atoms with Gasteiger partial charge in [-0.1, -0.05) is 31.2 Å². The molecule has 16 heavy (non-hydrogen) atoms. The van der Waals surface area contributed by atoms with E-state index in [-0.39, 0.29) is 5.75 Å². The third kappa shape index (κ3) is 3.70. The fraction of sp³-hybridized carbons (Fsp3) is 0.333. The lowest BCUT2D eigenvalue weighted by Gasteiger charge is -2.09. The smallest absolute Gasteiger partial charge is 0.309 e. The first-order chi connectivity index (χ1) is 7.59. The van der Waals surface area contributed by atoms with Crippen LogP contribution in [0.5, 0.6) is 5.75 Å². The van der Waals surface area contributed by atoms with Crippen LogP contribution in [0.1, 0.15) is 18.9 Å². The summed E-state index contributed by atoms with van der Waals surface area (Å²) in [6, 6.07) is 7.09. The Kier molecular flexibility index (Phi) is 4.55. The van der Waals surface area contributed by atoms with Crippen LogP contribution in [-0.4, -0.2) is 14.2 Å². The molecule has 3 nitrogen and oxygen atoms in total. The molecular weight excluding hydrogens is 224 g/mol. The average molecular weight is 240 g/mol. The van der Waals surface area contributed by atoms with Crippen LogP contribution >= 0.6 is 0 Å². The lowest BCUT2D eigenvalue weighted by molar-refractivity contribution is 0.482. The minimum Gasteiger partial charge on any atom is -0.382 e. The number of benzene rings is 1. The topological polar surface area (TPSA) is 43.4 Å². The molecule has 0 heterocycles. The van der Waals surface area contributed by atoms with E-state index < -0.39 is 10.1 Å². The molecule has 0 aromatic heterocycles. The molecule has 0 aliphatic carbocycles. The molecule has 0 unspecified atom stereocenters. The van der Waals surface area contributed by atoms with Crippen LogP contribution in [0.4, 0.5) is 0 Å². The minimum absolute atomic E-state index is 0.0371. The van der Waals surface area contributed by atoms with E-state index in [0.717, 1.165) is 5.56 Å². The molecule has 0 bridgehead atoms. The quantitative estimate of drug-likeness (QED) is 0.567. The Labute approximate surface area is 96.9 Å². The van der Waals surface area contributed by atoms with E-state index in [4.69, 9.17) is 4.18 Å². The molecule has 88 valence electrons. The Bertz CT molecular complexity index is 449. The van der Waals surface area contributed by atoms with Crippen molar-refractivity contribution >= 4 is 10.1 Å². The lowest BCUT2D eigenvalue weighted by Crippen LogP contribution is -2.14. The molecule has 0 aliphatic rings. The standard InChI is InChI=1S/C12H16O3S/c1-3-7-11-8-5-6-9-12(11)15-16(13,14)10-4-2/h3,5-6,8-9H,1,4,7,10H2,2H3. The van der Waals surface area contributed by atoms with Gasteiger partial charge in [-0.25, -0.2) is 0 Å². The van der Waals surface area contributed by atoms with Crippen molar-refractivity contribution in [1.82, 2.24) is 0 Å². The van der Waals surface area contributed by atoms with Crippen molar-refractivity contribution in [2.45, 2.75) is 19.8 Å². The molecular formula is C12H16O3S. The molecule has 0 fully saturated rings. The molecule has 0 spiro atoms. The van der Waals surface area contributed by atoms with E-state index in [2.05, 4.69) is 6.58 Å². The van der Waals surface area contributed by atoms with Crippen molar-refractivity contribution < 1.29 is 12.6 Å². The molecule has 1 aromatic rings. The van der Waals surface area contributed by atoms with E-state index in [1.807, 2.05) is 12.1 Å². The van der Waals surface area contributed by atoms with Crippen LogP contribution in [0.3, 0.4) is 0 Å². The van der Waals surface area contributed by atoms with Gasteiger partial charge in [-0.15, -0.1) is 6.58 Å². The first kappa shape index (κ1) is 12.8. The van der Waals surface area contributed by atoms with Crippen LogP contribution in [0, 0.1) is 0 Å². The maximum Gasteiger partial charge on any atom is 0.309 e. The van der Waals surface area contributed by atoms with Gasteiger partial charge in [-0.2, -0.15) is 8.42 Å². The number of hydrogen-bond donors (Lipinski definition) is 0. The van der Waals surface area contributed by atoms with Crippen molar-refractivity contribution in [3.63, 3.8) is 0 Å².